The fourth-order valence-corrected chi connectivity index (χ4v) is 4.34. The van der Waals surface area contributed by atoms with Crippen LogP contribution in [0.15, 0.2) is 60.0 Å². The first-order chi connectivity index (χ1) is 16.4. The molecule has 0 aliphatic rings. The first-order valence-electron chi connectivity index (χ1n) is 10.3. The molecule has 1 N–H and O–H groups in total. The SMILES string of the molecule is COc1ccccc1-n1cnnc1SCC(=O)Nc1c(C#N)c(C)c(C)n1-c1cccc(F)c1. The van der Waals surface area contributed by atoms with Gasteiger partial charge < -0.3 is 10.1 Å². The maximum atomic E-state index is 13.9. The maximum absolute atomic E-state index is 13.9. The number of nitrogens with one attached hydrogen (secondary N) is 1. The number of carbonyl (C=O) groups is 1. The van der Waals surface area contributed by atoms with Crippen molar-refractivity contribution in [3.63, 3.8) is 0 Å². The van der Waals surface area contributed by atoms with Crippen LogP contribution in [0.4, 0.5) is 10.2 Å². The summed E-state index contributed by atoms with van der Waals surface area (Å²) < 4.78 is 22.7. The molecule has 8 nitrogen and oxygen atoms in total. The molecule has 0 radical (unpaired) electrons. The second-order valence-corrected chi connectivity index (χ2v) is 8.30. The molecule has 10 heteroatoms. The lowest BCUT2D eigenvalue weighted by Gasteiger charge is -2.13. The summed E-state index contributed by atoms with van der Waals surface area (Å²) in [7, 11) is 1.58. The fraction of sp³-hybridized carbons (Fsp3) is 0.167. The van der Waals surface area contributed by atoms with Crippen molar-refractivity contribution in [1.29, 1.82) is 5.26 Å². The lowest BCUT2D eigenvalue weighted by atomic mass is 10.2. The number of rotatable bonds is 7. The highest BCUT2D eigenvalue weighted by Gasteiger charge is 2.21. The van der Waals surface area contributed by atoms with Gasteiger partial charge in [-0.05, 0) is 49.7 Å². The van der Waals surface area contributed by atoms with Gasteiger partial charge in [-0.15, -0.1) is 10.2 Å². The zero-order valence-electron chi connectivity index (χ0n) is 18.7. The number of nitrogens with zero attached hydrogens (tertiary/aromatic N) is 5. The molecule has 0 bridgehead atoms. The van der Waals surface area contributed by atoms with Crippen LogP contribution in [0.25, 0.3) is 11.4 Å². The third-order valence-electron chi connectivity index (χ3n) is 5.34. The van der Waals surface area contributed by atoms with Gasteiger partial charge in [0.2, 0.25) is 5.91 Å². The van der Waals surface area contributed by atoms with Gasteiger partial charge in [0.05, 0.1) is 29.8 Å². The van der Waals surface area contributed by atoms with Crippen molar-refractivity contribution in [2.24, 2.45) is 0 Å². The third-order valence-corrected chi connectivity index (χ3v) is 6.29. The van der Waals surface area contributed by atoms with Crippen LogP contribution in [0.5, 0.6) is 5.75 Å². The van der Waals surface area contributed by atoms with Gasteiger partial charge in [0.1, 0.15) is 29.8 Å². The van der Waals surface area contributed by atoms with Crippen LogP contribution in [-0.2, 0) is 4.79 Å². The topological polar surface area (TPSA) is 97.8 Å². The Hall–Kier alpha value is -4.10. The van der Waals surface area contributed by atoms with Crippen LogP contribution in [0.1, 0.15) is 16.8 Å². The summed E-state index contributed by atoms with van der Waals surface area (Å²) in [5.41, 5.74) is 3.04. The highest BCUT2D eigenvalue weighted by molar-refractivity contribution is 7.99. The van der Waals surface area contributed by atoms with E-state index in [0.717, 1.165) is 11.4 Å². The summed E-state index contributed by atoms with van der Waals surface area (Å²) in [4.78, 5) is 12.9. The van der Waals surface area contributed by atoms with Gasteiger partial charge in [-0.1, -0.05) is 30.0 Å². The van der Waals surface area contributed by atoms with Crippen LogP contribution in [0.3, 0.4) is 0 Å². The van der Waals surface area contributed by atoms with Crippen molar-refractivity contribution < 1.29 is 13.9 Å². The van der Waals surface area contributed by atoms with E-state index in [0.29, 0.717) is 33.5 Å². The molecule has 0 spiro atoms. The number of hydrogen-bond acceptors (Lipinski definition) is 6. The maximum Gasteiger partial charge on any atom is 0.236 e. The Bertz CT molecular complexity index is 1400. The normalized spacial score (nSPS) is 10.7. The van der Waals surface area contributed by atoms with E-state index >= 15 is 0 Å². The molecule has 0 aliphatic heterocycles. The van der Waals surface area contributed by atoms with E-state index < -0.39 is 5.82 Å². The number of ether oxygens (including phenoxy) is 1. The Kier molecular flexibility index (Phi) is 6.65. The molecule has 4 rings (SSSR count). The van der Waals surface area contributed by atoms with E-state index in [2.05, 4.69) is 21.6 Å². The quantitative estimate of drug-likeness (QED) is 0.397. The van der Waals surface area contributed by atoms with E-state index in [1.165, 1.54) is 23.9 Å². The van der Waals surface area contributed by atoms with Crippen LogP contribution in [0, 0.1) is 31.0 Å². The molecule has 1 amide bonds. The predicted octanol–water partition coefficient (Wildman–Crippen LogP) is 4.43. The number of amides is 1. The number of carbonyl (C=O) groups excluding carboxylic acids is 1. The summed E-state index contributed by atoms with van der Waals surface area (Å²) in [6.45, 7) is 3.62. The average molecular weight is 477 g/mol. The van der Waals surface area contributed by atoms with Gasteiger partial charge in [-0.2, -0.15) is 5.26 Å². The molecule has 2 aromatic carbocycles. The van der Waals surface area contributed by atoms with E-state index in [1.807, 2.05) is 31.2 Å². The molecule has 34 heavy (non-hydrogen) atoms. The van der Waals surface area contributed by atoms with Crippen LogP contribution < -0.4 is 10.1 Å². The first kappa shape index (κ1) is 23.1. The molecule has 2 aromatic heterocycles. The summed E-state index contributed by atoms with van der Waals surface area (Å²) >= 11 is 1.19. The standard InChI is InChI=1S/C24H21FN6O2S/c1-15-16(2)31(18-8-6-7-17(25)11-18)23(19(15)12-26)28-22(32)13-34-24-29-27-14-30(24)20-9-4-5-10-21(20)33-3/h4-11,14H,13H2,1-3H3,(H,28,32). The van der Waals surface area contributed by atoms with Crippen molar-refractivity contribution in [1.82, 2.24) is 19.3 Å². The van der Waals surface area contributed by atoms with Crippen LogP contribution in [-0.4, -0.2) is 38.1 Å². The lowest BCUT2D eigenvalue weighted by Crippen LogP contribution is -2.18. The minimum absolute atomic E-state index is 0.0190. The zero-order chi connectivity index (χ0) is 24.2. The van der Waals surface area contributed by atoms with Gasteiger partial charge in [0.25, 0.3) is 0 Å². The summed E-state index contributed by atoms with van der Waals surface area (Å²) in [5, 5.41) is 21.1. The third kappa shape index (κ3) is 4.38. The van der Waals surface area contributed by atoms with Gasteiger partial charge in [-0.25, -0.2) is 4.39 Å². The molecule has 0 saturated heterocycles. The van der Waals surface area contributed by atoms with Crippen molar-refractivity contribution >= 4 is 23.5 Å². The minimum atomic E-state index is -0.412. The lowest BCUT2D eigenvalue weighted by molar-refractivity contribution is -0.113. The zero-order valence-corrected chi connectivity index (χ0v) is 19.6. The molecule has 0 aliphatic carbocycles. The Morgan fingerprint density at radius 2 is 2.03 bits per heavy atom. The number of thioether (sulfide) groups is 1. The molecule has 0 fully saturated rings. The summed E-state index contributed by atoms with van der Waals surface area (Å²) in [5.74, 6) is 0.216. The number of benzene rings is 2. The molecule has 4 aromatic rings. The van der Waals surface area contributed by atoms with Crippen LogP contribution in [0.2, 0.25) is 0 Å². The summed E-state index contributed by atoms with van der Waals surface area (Å²) in [6, 6.07) is 15.6. The minimum Gasteiger partial charge on any atom is -0.495 e. The highest BCUT2D eigenvalue weighted by Crippen LogP contribution is 2.31. The molecular formula is C24H21FN6O2S. The largest absolute Gasteiger partial charge is 0.495 e. The molecular weight excluding hydrogens is 455 g/mol. The van der Waals surface area contributed by atoms with E-state index in [1.54, 1.807) is 41.6 Å². The van der Waals surface area contributed by atoms with Gasteiger partial charge in [0.15, 0.2) is 5.16 Å². The molecule has 2 heterocycles. The summed E-state index contributed by atoms with van der Waals surface area (Å²) in [6.07, 6.45) is 1.55. The molecule has 0 unspecified atom stereocenters. The van der Waals surface area contributed by atoms with Gasteiger partial charge in [0, 0.05) is 5.69 Å². The fourth-order valence-electron chi connectivity index (χ4n) is 3.61. The number of methoxy groups -OCH3 is 1. The predicted molar refractivity (Wildman–Crippen MR) is 127 cm³/mol. The number of anilines is 1. The Balaban J connectivity index is 1.58. The van der Waals surface area contributed by atoms with Crippen molar-refractivity contribution in [2.75, 3.05) is 18.2 Å². The number of hydrogen-bond donors (Lipinski definition) is 1. The Morgan fingerprint density at radius 1 is 1.24 bits per heavy atom. The smallest absolute Gasteiger partial charge is 0.236 e. The number of para-hydroxylation sites is 2. The van der Waals surface area contributed by atoms with E-state index in [-0.39, 0.29) is 11.7 Å². The van der Waals surface area contributed by atoms with Crippen molar-refractivity contribution in [3.05, 3.63) is 77.5 Å². The second-order valence-electron chi connectivity index (χ2n) is 7.35. The van der Waals surface area contributed by atoms with Gasteiger partial charge >= 0.3 is 0 Å². The van der Waals surface area contributed by atoms with Gasteiger partial charge in [-0.3, -0.25) is 13.9 Å². The Labute approximate surface area is 200 Å². The highest BCUT2D eigenvalue weighted by atomic mass is 32.2. The second kappa shape index (κ2) is 9.80. The molecule has 172 valence electrons. The van der Waals surface area contributed by atoms with Crippen LogP contribution >= 0.6 is 11.8 Å². The number of nitriles is 1. The monoisotopic (exact) mass is 476 g/mol. The molecule has 0 saturated carbocycles. The number of halogens is 1. The number of aromatic nitrogens is 4. The van der Waals surface area contributed by atoms with E-state index in [4.69, 9.17) is 4.74 Å². The first-order valence-corrected chi connectivity index (χ1v) is 11.3. The van der Waals surface area contributed by atoms with E-state index in [9.17, 15) is 14.4 Å². The van der Waals surface area contributed by atoms with Crippen molar-refractivity contribution in [3.8, 4) is 23.2 Å². The Morgan fingerprint density at radius 3 is 2.76 bits per heavy atom. The average Bonchev–Trinajstić information content (AvgIpc) is 3.40. The molecule has 0 atom stereocenters. The van der Waals surface area contributed by atoms with Crippen molar-refractivity contribution in [2.45, 2.75) is 19.0 Å².